The number of rotatable bonds is 3. The molecule has 2 atom stereocenters. The Kier molecular flexibility index (Phi) is 3.95. The maximum atomic E-state index is 13.0. The zero-order valence-corrected chi connectivity index (χ0v) is 12.8. The molecule has 3 rings (SSSR count). The molecule has 0 saturated heterocycles. The number of benzene rings is 1. The number of halogens is 3. The van der Waals surface area contributed by atoms with E-state index in [2.05, 4.69) is 10.3 Å². The first-order valence-corrected chi connectivity index (χ1v) is 7.44. The Labute approximate surface area is 135 Å². The van der Waals surface area contributed by atoms with Crippen LogP contribution in [0.15, 0.2) is 41.2 Å². The minimum atomic E-state index is -4.43. The molecule has 0 aliphatic heterocycles. The lowest BCUT2D eigenvalue weighted by Gasteiger charge is -2.12. The van der Waals surface area contributed by atoms with Gasteiger partial charge in [0.05, 0.1) is 5.56 Å². The zero-order valence-electron chi connectivity index (χ0n) is 12.8. The van der Waals surface area contributed by atoms with Crippen LogP contribution in [0.2, 0.25) is 0 Å². The van der Waals surface area contributed by atoms with Crippen LogP contribution in [0.5, 0.6) is 0 Å². The number of amides is 1. The number of hydrogen-bond donors (Lipinski definition) is 2. The molecule has 1 aliphatic rings. The number of H-pyrrole nitrogens is 1. The largest absolute Gasteiger partial charge is 0.416 e. The van der Waals surface area contributed by atoms with Crippen molar-refractivity contribution in [2.24, 2.45) is 0 Å². The molecule has 24 heavy (non-hydrogen) atoms. The van der Waals surface area contributed by atoms with Gasteiger partial charge in [-0.15, -0.1) is 0 Å². The number of aromatic nitrogens is 1. The van der Waals surface area contributed by atoms with Crippen LogP contribution in [0.1, 0.15) is 39.5 Å². The molecule has 2 N–H and O–H groups in total. The van der Waals surface area contributed by atoms with E-state index in [0.717, 1.165) is 6.07 Å². The summed E-state index contributed by atoms with van der Waals surface area (Å²) >= 11 is 0. The number of aromatic amines is 1. The van der Waals surface area contributed by atoms with Crippen LogP contribution in [-0.2, 0) is 6.18 Å². The minimum Gasteiger partial charge on any atom is -0.348 e. The lowest BCUT2D eigenvalue weighted by Crippen LogP contribution is -2.32. The molecule has 1 aliphatic carbocycles. The summed E-state index contributed by atoms with van der Waals surface area (Å²) in [6, 6.07) is 7.96. The monoisotopic (exact) mass is 336 g/mol. The van der Waals surface area contributed by atoms with Crippen LogP contribution in [0.25, 0.3) is 0 Å². The molecule has 0 radical (unpaired) electrons. The predicted molar refractivity (Wildman–Crippen MR) is 81.9 cm³/mol. The minimum absolute atomic E-state index is 0.0460. The number of carbonyl (C=O) groups is 1. The topological polar surface area (TPSA) is 62.0 Å². The highest BCUT2D eigenvalue weighted by Gasteiger charge is 2.45. The van der Waals surface area contributed by atoms with Gasteiger partial charge >= 0.3 is 6.18 Å². The van der Waals surface area contributed by atoms with E-state index in [1.165, 1.54) is 18.2 Å². The molecule has 1 aromatic heterocycles. The number of pyridine rings is 1. The van der Waals surface area contributed by atoms with Gasteiger partial charge in [-0.1, -0.05) is 18.2 Å². The normalized spacial score (nSPS) is 19.8. The SMILES string of the molecule is Cc1ccc(C(=O)NC2CC2c2ccccc2C(F)(F)F)c(=O)[nH]1. The molecule has 1 heterocycles. The molecule has 126 valence electrons. The standard InChI is InChI=1S/C17H15F3N2O2/c1-9-6-7-11(15(23)21-9)16(24)22-14-8-12(14)10-4-2-3-5-13(10)17(18,19)20/h2-7,12,14H,8H2,1H3,(H,21,23)(H,22,24). The highest BCUT2D eigenvalue weighted by Crippen LogP contribution is 2.46. The van der Waals surface area contributed by atoms with Crippen molar-refractivity contribution in [2.75, 3.05) is 0 Å². The Morgan fingerprint density at radius 1 is 1.21 bits per heavy atom. The maximum absolute atomic E-state index is 13.0. The summed E-state index contributed by atoms with van der Waals surface area (Å²) in [5.74, 6) is -0.968. The Balaban J connectivity index is 1.75. The van der Waals surface area contributed by atoms with Crippen molar-refractivity contribution in [2.45, 2.75) is 31.5 Å². The first kappa shape index (κ1) is 16.3. The van der Waals surface area contributed by atoms with Crippen molar-refractivity contribution in [3.05, 3.63) is 69.1 Å². The van der Waals surface area contributed by atoms with Gasteiger partial charge in [0.15, 0.2) is 0 Å². The summed E-state index contributed by atoms with van der Waals surface area (Å²) in [6.07, 6.45) is -4.01. The first-order chi connectivity index (χ1) is 11.3. The van der Waals surface area contributed by atoms with Crippen molar-refractivity contribution in [3.8, 4) is 0 Å². The van der Waals surface area contributed by atoms with E-state index >= 15 is 0 Å². The van der Waals surface area contributed by atoms with E-state index in [9.17, 15) is 22.8 Å². The van der Waals surface area contributed by atoms with Gasteiger partial charge in [0.25, 0.3) is 11.5 Å². The summed E-state index contributed by atoms with van der Waals surface area (Å²) in [6.45, 7) is 1.69. The molecule has 1 amide bonds. The van der Waals surface area contributed by atoms with Crippen molar-refractivity contribution < 1.29 is 18.0 Å². The first-order valence-electron chi connectivity index (χ1n) is 7.44. The summed E-state index contributed by atoms with van der Waals surface area (Å²) in [4.78, 5) is 26.4. The molecule has 0 spiro atoms. The van der Waals surface area contributed by atoms with Crippen LogP contribution in [0, 0.1) is 6.92 Å². The highest BCUT2D eigenvalue weighted by atomic mass is 19.4. The van der Waals surface area contributed by atoms with Gasteiger partial charge in [0, 0.05) is 17.7 Å². The maximum Gasteiger partial charge on any atom is 0.416 e. The van der Waals surface area contributed by atoms with E-state index in [0.29, 0.717) is 12.1 Å². The van der Waals surface area contributed by atoms with E-state index in [1.807, 2.05) is 0 Å². The molecule has 1 aromatic carbocycles. The fraction of sp³-hybridized carbons (Fsp3) is 0.294. The van der Waals surface area contributed by atoms with Crippen LogP contribution < -0.4 is 10.9 Å². The second-order valence-corrected chi connectivity index (χ2v) is 5.89. The number of hydrogen-bond acceptors (Lipinski definition) is 2. The summed E-state index contributed by atoms with van der Waals surface area (Å²) in [7, 11) is 0. The Morgan fingerprint density at radius 2 is 1.92 bits per heavy atom. The molecule has 2 aromatic rings. The molecule has 1 saturated carbocycles. The van der Waals surface area contributed by atoms with Crippen LogP contribution in [0.3, 0.4) is 0 Å². The molecule has 4 nitrogen and oxygen atoms in total. The number of nitrogens with one attached hydrogen (secondary N) is 2. The molecule has 1 fully saturated rings. The van der Waals surface area contributed by atoms with Crippen molar-refractivity contribution in [1.82, 2.24) is 10.3 Å². The summed E-state index contributed by atoms with van der Waals surface area (Å²) < 4.78 is 39.1. The third-order valence-corrected chi connectivity index (χ3v) is 4.07. The summed E-state index contributed by atoms with van der Waals surface area (Å²) in [5, 5.41) is 2.63. The smallest absolute Gasteiger partial charge is 0.348 e. The number of alkyl halides is 3. The second-order valence-electron chi connectivity index (χ2n) is 5.89. The quantitative estimate of drug-likeness (QED) is 0.905. The van der Waals surface area contributed by atoms with E-state index in [-0.39, 0.29) is 11.1 Å². The van der Waals surface area contributed by atoms with Crippen LogP contribution >= 0.6 is 0 Å². The van der Waals surface area contributed by atoms with E-state index in [1.54, 1.807) is 19.1 Å². The Hall–Kier alpha value is -2.57. The molecule has 2 unspecified atom stereocenters. The second kappa shape index (κ2) is 5.81. The van der Waals surface area contributed by atoms with Gasteiger partial charge in [-0.05, 0) is 37.1 Å². The van der Waals surface area contributed by atoms with Crippen LogP contribution in [0.4, 0.5) is 13.2 Å². The van der Waals surface area contributed by atoms with Crippen molar-refractivity contribution >= 4 is 5.91 Å². The third-order valence-electron chi connectivity index (χ3n) is 4.07. The molecule has 0 bridgehead atoms. The van der Waals surface area contributed by atoms with Gasteiger partial charge in [-0.3, -0.25) is 9.59 Å². The van der Waals surface area contributed by atoms with Gasteiger partial charge < -0.3 is 10.3 Å². The Morgan fingerprint density at radius 3 is 2.58 bits per heavy atom. The fourth-order valence-corrected chi connectivity index (χ4v) is 2.77. The average Bonchev–Trinajstić information content (AvgIpc) is 3.25. The van der Waals surface area contributed by atoms with Gasteiger partial charge in [-0.2, -0.15) is 13.2 Å². The lowest BCUT2D eigenvalue weighted by atomic mass is 10.0. The highest BCUT2D eigenvalue weighted by molar-refractivity contribution is 5.94. The van der Waals surface area contributed by atoms with Gasteiger partial charge in [0.2, 0.25) is 0 Å². The number of carbonyl (C=O) groups excluding carboxylic acids is 1. The average molecular weight is 336 g/mol. The van der Waals surface area contributed by atoms with Crippen LogP contribution in [-0.4, -0.2) is 16.9 Å². The zero-order chi connectivity index (χ0) is 17.5. The van der Waals surface area contributed by atoms with Crippen molar-refractivity contribution in [3.63, 3.8) is 0 Å². The Bertz CT molecular complexity index is 842. The lowest BCUT2D eigenvalue weighted by molar-refractivity contribution is -0.138. The third kappa shape index (κ3) is 3.20. The predicted octanol–water partition coefficient (Wildman–Crippen LogP) is 2.99. The molecular weight excluding hydrogens is 321 g/mol. The van der Waals surface area contributed by atoms with E-state index < -0.39 is 35.2 Å². The van der Waals surface area contributed by atoms with Gasteiger partial charge in [0.1, 0.15) is 5.56 Å². The molecular formula is C17H15F3N2O2. The van der Waals surface area contributed by atoms with Gasteiger partial charge in [-0.25, -0.2) is 0 Å². The van der Waals surface area contributed by atoms with Crippen molar-refractivity contribution in [1.29, 1.82) is 0 Å². The molecule has 7 heteroatoms. The summed E-state index contributed by atoms with van der Waals surface area (Å²) in [5.41, 5.74) is -0.441. The van der Waals surface area contributed by atoms with E-state index in [4.69, 9.17) is 0 Å². The fourth-order valence-electron chi connectivity index (χ4n) is 2.77. The number of aryl methyl sites for hydroxylation is 1.